The molecule has 31 heavy (non-hydrogen) atoms. The lowest BCUT2D eigenvalue weighted by Crippen LogP contribution is -2.51. The average Bonchev–Trinajstić information content (AvgIpc) is 3.13. The molecule has 0 radical (unpaired) electrons. The molecule has 164 valence electrons. The Labute approximate surface area is 178 Å². The van der Waals surface area contributed by atoms with Crippen LogP contribution in [-0.4, -0.2) is 82.4 Å². The van der Waals surface area contributed by atoms with Gasteiger partial charge in [-0.25, -0.2) is 13.5 Å². The number of halogens is 2. The van der Waals surface area contributed by atoms with Gasteiger partial charge in [-0.1, -0.05) is 0 Å². The lowest BCUT2D eigenvalue weighted by atomic mass is 9.87. The Morgan fingerprint density at radius 2 is 1.90 bits per heavy atom. The minimum atomic E-state index is -1.13. The molecule has 2 aliphatic rings. The molecule has 2 fully saturated rings. The molecule has 0 aliphatic carbocycles. The van der Waals surface area contributed by atoms with Crippen LogP contribution in [0, 0.1) is 5.82 Å². The van der Waals surface area contributed by atoms with Crippen LogP contribution in [0.4, 0.5) is 14.6 Å². The van der Waals surface area contributed by atoms with Gasteiger partial charge in [-0.15, -0.1) is 0 Å². The van der Waals surface area contributed by atoms with Crippen LogP contribution < -0.4 is 9.64 Å². The first kappa shape index (κ1) is 20.1. The molecular weight excluding hydrogens is 406 g/mol. The first-order valence-electron chi connectivity index (χ1n) is 10.3. The number of methoxy groups -OCH3 is 1. The van der Waals surface area contributed by atoms with Gasteiger partial charge < -0.3 is 19.6 Å². The van der Waals surface area contributed by atoms with E-state index in [-0.39, 0.29) is 18.7 Å². The molecule has 8 nitrogen and oxygen atoms in total. The minimum Gasteiger partial charge on any atom is -0.467 e. The highest BCUT2D eigenvalue weighted by Gasteiger charge is 2.31. The maximum atomic E-state index is 14.9. The van der Waals surface area contributed by atoms with Crippen LogP contribution in [0.1, 0.15) is 17.9 Å². The molecule has 4 heterocycles. The van der Waals surface area contributed by atoms with Crippen molar-refractivity contribution in [2.24, 2.45) is 0 Å². The zero-order valence-electron chi connectivity index (χ0n) is 17.4. The standard InChI is InChI=1S/C21H24F2N6O2/c1-27-4-3-14(17(23)11-27)15-6-18-12(5-16(15)22)8-24-29(18)20-7-19(25-21(26-20)31-2)28-9-13(30)10-28/h5-8,13-14,17,30H,3-4,9-11H2,1-2H3/t14-,17-/m1/s1. The predicted octanol–water partition coefficient (Wildman–Crippen LogP) is 1.90. The lowest BCUT2D eigenvalue weighted by molar-refractivity contribution is 0.137. The van der Waals surface area contributed by atoms with Crippen molar-refractivity contribution in [1.29, 1.82) is 0 Å². The molecule has 2 aliphatic heterocycles. The second-order valence-corrected chi connectivity index (χ2v) is 8.29. The number of aliphatic hydroxyl groups is 1. The summed E-state index contributed by atoms with van der Waals surface area (Å²) in [7, 11) is 3.35. The van der Waals surface area contributed by atoms with Gasteiger partial charge in [0.15, 0.2) is 5.82 Å². The SMILES string of the molecule is COc1nc(N2CC(O)C2)cc(-n2ncc3cc(F)c([C@H]4CCN(C)C[C@H]4F)cc32)n1. The van der Waals surface area contributed by atoms with Crippen molar-refractivity contribution in [2.45, 2.75) is 24.6 Å². The monoisotopic (exact) mass is 430 g/mol. The highest BCUT2D eigenvalue weighted by molar-refractivity contribution is 5.81. The van der Waals surface area contributed by atoms with Gasteiger partial charge in [0.25, 0.3) is 0 Å². The topological polar surface area (TPSA) is 79.5 Å². The van der Waals surface area contributed by atoms with E-state index in [1.54, 1.807) is 23.0 Å². The third kappa shape index (κ3) is 3.59. The van der Waals surface area contributed by atoms with Gasteiger partial charge in [0, 0.05) is 37.0 Å². The van der Waals surface area contributed by atoms with Gasteiger partial charge >= 0.3 is 6.01 Å². The number of nitrogens with zero attached hydrogens (tertiary/aromatic N) is 6. The van der Waals surface area contributed by atoms with Gasteiger partial charge in [-0.2, -0.15) is 15.1 Å². The smallest absolute Gasteiger partial charge is 0.320 e. The summed E-state index contributed by atoms with van der Waals surface area (Å²) in [6.07, 6.45) is 0.594. The number of likely N-dealkylation sites (tertiary alicyclic amines) is 1. The highest BCUT2D eigenvalue weighted by Crippen LogP contribution is 2.34. The zero-order chi connectivity index (χ0) is 21.7. The summed E-state index contributed by atoms with van der Waals surface area (Å²) >= 11 is 0. The molecule has 0 spiro atoms. The number of ether oxygens (including phenoxy) is 1. The number of fused-ring (bicyclic) bond motifs is 1. The lowest BCUT2D eigenvalue weighted by Gasteiger charge is -2.36. The normalized spacial score (nSPS) is 22.7. The van der Waals surface area contributed by atoms with Crippen LogP contribution in [0.5, 0.6) is 6.01 Å². The van der Waals surface area contributed by atoms with E-state index in [9.17, 15) is 13.9 Å². The number of hydrogen-bond acceptors (Lipinski definition) is 7. The number of rotatable bonds is 4. The Morgan fingerprint density at radius 3 is 2.61 bits per heavy atom. The quantitative estimate of drug-likeness (QED) is 0.677. The summed E-state index contributed by atoms with van der Waals surface area (Å²) in [5.74, 6) is 0.148. The number of piperidine rings is 1. The minimum absolute atomic E-state index is 0.166. The molecule has 2 aromatic heterocycles. The Hall–Kier alpha value is -2.85. The molecule has 2 atom stereocenters. The molecule has 0 saturated carbocycles. The van der Waals surface area contributed by atoms with Gasteiger partial charge in [0.2, 0.25) is 0 Å². The largest absolute Gasteiger partial charge is 0.467 e. The number of aromatic nitrogens is 4. The van der Waals surface area contributed by atoms with Crippen molar-refractivity contribution >= 4 is 16.7 Å². The molecule has 3 aromatic rings. The Bertz CT molecular complexity index is 1120. The third-order valence-corrected chi connectivity index (χ3v) is 6.09. The number of β-amino-alcohol motifs (C(OH)–C–C–N with tert-alkyl or cyclic N) is 1. The number of anilines is 1. The van der Waals surface area contributed by atoms with Crippen LogP contribution in [0.2, 0.25) is 0 Å². The summed E-state index contributed by atoms with van der Waals surface area (Å²) in [5, 5.41) is 14.6. The van der Waals surface area contributed by atoms with Crippen molar-refractivity contribution in [2.75, 3.05) is 45.2 Å². The van der Waals surface area contributed by atoms with E-state index in [0.29, 0.717) is 47.6 Å². The molecule has 1 aromatic carbocycles. The van der Waals surface area contributed by atoms with Crippen molar-refractivity contribution in [3.05, 3.63) is 35.8 Å². The van der Waals surface area contributed by atoms with Crippen molar-refractivity contribution in [3.63, 3.8) is 0 Å². The third-order valence-electron chi connectivity index (χ3n) is 6.09. The van der Waals surface area contributed by atoms with E-state index < -0.39 is 17.9 Å². The molecule has 0 unspecified atom stereocenters. The van der Waals surface area contributed by atoms with Gasteiger partial charge in [-0.05, 0) is 37.7 Å². The average molecular weight is 430 g/mol. The van der Waals surface area contributed by atoms with Crippen LogP contribution >= 0.6 is 0 Å². The maximum absolute atomic E-state index is 14.9. The second-order valence-electron chi connectivity index (χ2n) is 8.29. The van der Waals surface area contributed by atoms with Crippen LogP contribution in [0.25, 0.3) is 16.7 Å². The fraction of sp³-hybridized carbons (Fsp3) is 0.476. The van der Waals surface area contributed by atoms with E-state index in [0.717, 1.165) is 6.54 Å². The Morgan fingerprint density at radius 1 is 1.13 bits per heavy atom. The summed E-state index contributed by atoms with van der Waals surface area (Å²) in [4.78, 5) is 12.6. The molecule has 10 heteroatoms. The molecule has 5 rings (SSSR count). The Balaban J connectivity index is 1.57. The van der Waals surface area contributed by atoms with Crippen molar-refractivity contribution in [1.82, 2.24) is 24.6 Å². The molecule has 0 bridgehead atoms. The fourth-order valence-electron chi connectivity index (χ4n) is 4.34. The number of hydrogen-bond donors (Lipinski definition) is 1. The fourth-order valence-corrected chi connectivity index (χ4v) is 4.34. The summed E-state index contributed by atoms with van der Waals surface area (Å²) in [6.45, 7) is 1.96. The summed E-state index contributed by atoms with van der Waals surface area (Å²) in [5.41, 5.74) is 1.000. The van der Waals surface area contributed by atoms with Gasteiger partial charge in [0.1, 0.15) is 17.8 Å². The number of benzene rings is 1. The van der Waals surface area contributed by atoms with Crippen molar-refractivity contribution in [3.8, 4) is 11.8 Å². The van der Waals surface area contributed by atoms with E-state index >= 15 is 0 Å². The first-order chi connectivity index (χ1) is 14.9. The molecule has 1 N–H and O–H groups in total. The predicted molar refractivity (Wildman–Crippen MR) is 111 cm³/mol. The highest BCUT2D eigenvalue weighted by atomic mass is 19.1. The van der Waals surface area contributed by atoms with E-state index in [1.807, 2.05) is 16.8 Å². The van der Waals surface area contributed by atoms with Crippen LogP contribution in [-0.2, 0) is 0 Å². The van der Waals surface area contributed by atoms with E-state index in [1.165, 1.54) is 13.2 Å². The van der Waals surface area contributed by atoms with Gasteiger partial charge in [0.05, 0.1) is 24.9 Å². The first-order valence-corrected chi connectivity index (χ1v) is 10.3. The van der Waals surface area contributed by atoms with Crippen molar-refractivity contribution < 1.29 is 18.6 Å². The summed E-state index contributed by atoms with van der Waals surface area (Å²) in [6, 6.07) is 5.00. The van der Waals surface area contributed by atoms with Gasteiger partial charge in [-0.3, -0.25) is 0 Å². The number of alkyl halides is 1. The molecule has 2 saturated heterocycles. The second kappa shape index (κ2) is 7.69. The number of aliphatic hydroxyl groups excluding tert-OH is 1. The van der Waals surface area contributed by atoms with Crippen LogP contribution in [0.15, 0.2) is 24.4 Å². The molecular formula is C21H24F2N6O2. The van der Waals surface area contributed by atoms with Crippen LogP contribution in [0.3, 0.4) is 0 Å². The summed E-state index contributed by atoms with van der Waals surface area (Å²) < 4.78 is 36.4. The Kier molecular flexibility index (Phi) is 4.98. The molecule has 0 amide bonds. The zero-order valence-corrected chi connectivity index (χ0v) is 17.4. The van der Waals surface area contributed by atoms with E-state index in [2.05, 4.69) is 15.1 Å². The maximum Gasteiger partial charge on any atom is 0.320 e. The van der Waals surface area contributed by atoms with E-state index in [4.69, 9.17) is 4.74 Å².